The van der Waals surface area contributed by atoms with Crippen molar-refractivity contribution in [2.45, 2.75) is 38.4 Å². The fourth-order valence-corrected chi connectivity index (χ4v) is 3.06. The highest BCUT2D eigenvalue weighted by molar-refractivity contribution is 5.80. The lowest BCUT2D eigenvalue weighted by Crippen LogP contribution is -2.39. The number of hydrogen-bond donors (Lipinski definition) is 1. The van der Waals surface area contributed by atoms with Crippen molar-refractivity contribution in [2.24, 2.45) is 0 Å². The van der Waals surface area contributed by atoms with Gasteiger partial charge in [0.25, 0.3) is 0 Å². The van der Waals surface area contributed by atoms with Crippen LogP contribution >= 0.6 is 0 Å². The van der Waals surface area contributed by atoms with Gasteiger partial charge in [0, 0.05) is 20.0 Å². The third-order valence-corrected chi connectivity index (χ3v) is 3.97. The summed E-state index contributed by atoms with van der Waals surface area (Å²) in [6.07, 6.45) is -1.38. The Kier molecular flexibility index (Phi) is 4.55. The minimum Gasteiger partial charge on any atom is -0.456 e. The topological polar surface area (TPSA) is 87.0 Å². The van der Waals surface area contributed by atoms with Gasteiger partial charge in [0.2, 0.25) is 0 Å². The third kappa shape index (κ3) is 3.00. The monoisotopic (exact) mass is 333 g/mol. The molecule has 1 aliphatic rings. The van der Waals surface area contributed by atoms with Gasteiger partial charge < -0.3 is 23.9 Å². The van der Waals surface area contributed by atoms with Gasteiger partial charge in [-0.05, 0) is 17.5 Å². The van der Waals surface area contributed by atoms with E-state index in [2.05, 4.69) is 0 Å². The van der Waals surface area contributed by atoms with E-state index in [9.17, 15) is 14.7 Å². The van der Waals surface area contributed by atoms with Gasteiger partial charge >= 0.3 is 11.9 Å². The average molecular weight is 333 g/mol. The Labute approximate surface area is 138 Å². The summed E-state index contributed by atoms with van der Waals surface area (Å²) in [5, 5.41) is 10.6. The number of nitrogens with zero attached hydrogens (tertiary/aromatic N) is 1. The summed E-state index contributed by atoms with van der Waals surface area (Å²) in [5.74, 6) is -1.04. The van der Waals surface area contributed by atoms with Gasteiger partial charge in [0.15, 0.2) is 18.4 Å². The molecule has 0 saturated carbocycles. The smallest absolute Gasteiger partial charge is 0.303 e. The Bertz CT molecular complexity index is 754. The lowest BCUT2D eigenvalue weighted by atomic mass is 10.1. The highest BCUT2D eigenvalue weighted by Crippen LogP contribution is 2.36. The summed E-state index contributed by atoms with van der Waals surface area (Å²) in [5.41, 5.74) is 0.889. The van der Waals surface area contributed by atoms with Gasteiger partial charge in [-0.25, -0.2) is 0 Å². The number of aromatic nitrogens is 1. The van der Waals surface area contributed by atoms with Crippen molar-refractivity contribution in [2.75, 3.05) is 6.61 Å². The highest BCUT2D eigenvalue weighted by atomic mass is 16.6. The zero-order valence-electron chi connectivity index (χ0n) is 13.4. The Hall–Kier alpha value is -2.38. The molecule has 7 heteroatoms. The molecular formula is C17H19NO6. The second-order valence-electron chi connectivity index (χ2n) is 5.68. The van der Waals surface area contributed by atoms with Crippen LogP contribution in [0, 0.1) is 0 Å². The number of hydrogen-bond acceptors (Lipinski definition) is 6. The van der Waals surface area contributed by atoms with Crippen LogP contribution in [0.25, 0.3) is 10.9 Å². The van der Waals surface area contributed by atoms with Crippen molar-refractivity contribution in [3.63, 3.8) is 0 Å². The number of fused-ring (bicyclic) bond motifs is 1. The summed E-state index contributed by atoms with van der Waals surface area (Å²) in [6.45, 7) is 2.19. The molecule has 0 radical (unpaired) electrons. The van der Waals surface area contributed by atoms with Crippen molar-refractivity contribution in [3.8, 4) is 0 Å². The standard InChI is InChI=1S/C17H19NO6/c1-10(20)22-15-14(9-19)24-17(16(15)23-11(2)21)18-8-7-12-5-3-4-6-13(12)18/h3-8,14-17,19H,9H2,1-2H3. The minimum atomic E-state index is -0.873. The molecule has 0 spiro atoms. The zero-order valence-corrected chi connectivity index (χ0v) is 13.4. The van der Waals surface area contributed by atoms with E-state index in [0.717, 1.165) is 10.9 Å². The lowest BCUT2D eigenvalue weighted by molar-refractivity contribution is -0.165. The van der Waals surface area contributed by atoms with Crippen LogP contribution < -0.4 is 0 Å². The van der Waals surface area contributed by atoms with E-state index in [4.69, 9.17) is 14.2 Å². The molecule has 128 valence electrons. The van der Waals surface area contributed by atoms with Gasteiger partial charge in [-0.3, -0.25) is 9.59 Å². The molecule has 7 nitrogen and oxygen atoms in total. The first-order valence-corrected chi connectivity index (χ1v) is 7.67. The van der Waals surface area contributed by atoms with Crippen LogP contribution in [0.3, 0.4) is 0 Å². The van der Waals surface area contributed by atoms with Crippen LogP contribution in [0.5, 0.6) is 0 Å². The van der Waals surface area contributed by atoms with Crippen molar-refractivity contribution < 1.29 is 28.9 Å². The average Bonchev–Trinajstić information content (AvgIpc) is 3.09. The number of carbonyl (C=O) groups excluding carboxylic acids is 2. The van der Waals surface area contributed by atoms with Crippen LogP contribution in [0.15, 0.2) is 36.5 Å². The maximum absolute atomic E-state index is 11.5. The molecule has 1 saturated heterocycles. The predicted molar refractivity (Wildman–Crippen MR) is 84.0 cm³/mol. The van der Waals surface area contributed by atoms with E-state index in [1.54, 1.807) is 0 Å². The Balaban J connectivity index is 2.01. The number of carbonyl (C=O) groups is 2. The summed E-state index contributed by atoms with van der Waals surface area (Å²) < 4.78 is 18.3. The Morgan fingerprint density at radius 1 is 1.12 bits per heavy atom. The summed E-state index contributed by atoms with van der Waals surface area (Å²) in [4.78, 5) is 22.9. The van der Waals surface area contributed by atoms with Crippen LogP contribution in [-0.2, 0) is 23.8 Å². The molecule has 3 rings (SSSR count). The predicted octanol–water partition coefficient (Wildman–Crippen LogP) is 1.39. The van der Waals surface area contributed by atoms with Crippen LogP contribution in [0.4, 0.5) is 0 Å². The second-order valence-corrected chi connectivity index (χ2v) is 5.68. The maximum atomic E-state index is 11.5. The molecule has 0 aliphatic carbocycles. The van der Waals surface area contributed by atoms with Crippen molar-refractivity contribution >= 4 is 22.8 Å². The number of rotatable bonds is 4. The van der Waals surface area contributed by atoms with Crippen molar-refractivity contribution in [1.82, 2.24) is 4.57 Å². The zero-order chi connectivity index (χ0) is 17.3. The maximum Gasteiger partial charge on any atom is 0.303 e. The molecule has 2 heterocycles. The summed E-state index contributed by atoms with van der Waals surface area (Å²) in [6, 6.07) is 9.59. The molecule has 1 aromatic heterocycles. The highest BCUT2D eigenvalue weighted by Gasteiger charge is 2.49. The molecule has 1 N–H and O–H groups in total. The number of aliphatic hydroxyl groups is 1. The van der Waals surface area contributed by atoms with Gasteiger partial charge in [-0.2, -0.15) is 0 Å². The Morgan fingerprint density at radius 3 is 2.46 bits per heavy atom. The fraction of sp³-hybridized carbons (Fsp3) is 0.412. The minimum absolute atomic E-state index is 0.356. The fourth-order valence-electron chi connectivity index (χ4n) is 3.06. The number of ether oxygens (including phenoxy) is 3. The molecule has 1 fully saturated rings. The van der Waals surface area contributed by atoms with E-state index in [1.807, 2.05) is 41.1 Å². The molecule has 0 bridgehead atoms. The largest absolute Gasteiger partial charge is 0.456 e. The van der Waals surface area contributed by atoms with E-state index >= 15 is 0 Å². The van der Waals surface area contributed by atoms with Crippen LogP contribution in [-0.4, -0.2) is 46.5 Å². The molecule has 24 heavy (non-hydrogen) atoms. The molecule has 1 aromatic carbocycles. The van der Waals surface area contributed by atoms with Crippen LogP contribution in [0.2, 0.25) is 0 Å². The summed E-state index contributed by atoms with van der Waals surface area (Å²) in [7, 11) is 0. The molecule has 1 aliphatic heterocycles. The van der Waals surface area contributed by atoms with Gasteiger partial charge in [0.1, 0.15) is 6.10 Å². The molecular weight excluding hydrogens is 314 g/mol. The van der Waals surface area contributed by atoms with E-state index < -0.39 is 36.5 Å². The first kappa shape index (κ1) is 16.5. The number of aliphatic hydroxyl groups excluding tert-OH is 1. The van der Waals surface area contributed by atoms with Crippen LogP contribution in [0.1, 0.15) is 20.1 Å². The van der Waals surface area contributed by atoms with E-state index in [-0.39, 0.29) is 6.61 Å². The van der Waals surface area contributed by atoms with E-state index in [1.165, 1.54) is 13.8 Å². The quantitative estimate of drug-likeness (QED) is 0.851. The van der Waals surface area contributed by atoms with E-state index in [0.29, 0.717) is 0 Å². The normalized spacial score (nSPS) is 26.5. The number of para-hydroxylation sites is 1. The first-order chi connectivity index (χ1) is 11.5. The number of benzene rings is 1. The molecule has 2 aromatic rings. The SMILES string of the molecule is CC(=O)OC1C(CO)OC(n2ccc3ccccc32)C1OC(C)=O. The Morgan fingerprint density at radius 2 is 1.79 bits per heavy atom. The van der Waals surface area contributed by atoms with Crippen molar-refractivity contribution in [3.05, 3.63) is 36.5 Å². The van der Waals surface area contributed by atoms with Gasteiger partial charge in [0.05, 0.1) is 12.1 Å². The van der Waals surface area contributed by atoms with Gasteiger partial charge in [-0.1, -0.05) is 18.2 Å². The van der Waals surface area contributed by atoms with Crippen molar-refractivity contribution in [1.29, 1.82) is 0 Å². The first-order valence-electron chi connectivity index (χ1n) is 7.67. The molecule has 4 atom stereocenters. The summed E-state index contributed by atoms with van der Waals surface area (Å²) >= 11 is 0. The lowest BCUT2D eigenvalue weighted by Gasteiger charge is -2.24. The third-order valence-electron chi connectivity index (χ3n) is 3.97. The molecule has 4 unspecified atom stereocenters. The molecule has 0 amide bonds. The number of esters is 2. The van der Waals surface area contributed by atoms with Gasteiger partial charge in [-0.15, -0.1) is 0 Å². The second kappa shape index (κ2) is 6.62.